The van der Waals surface area contributed by atoms with E-state index in [9.17, 15) is 0 Å². The molecule has 2 heteroatoms. The largest absolute Gasteiger partial charge is 0.313 e. The molecule has 0 amide bonds. The van der Waals surface area contributed by atoms with Crippen LogP contribution in [-0.2, 0) is 0 Å². The van der Waals surface area contributed by atoms with Gasteiger partial charge in [0.1, 0.15) is 0 Å². The van der Waals surface area contributed by atoms with Crippen molar-refractivity contribution >= 4 is 0 Å². The summed E-state index contributed by atoms with van der Waals surface area (Å²) >= 11 is 0. The third-order valence-corrected chi connectivity index (χ3v) is 4.42. The molecule has 2 fully saturated rings. The van der Waals surface area contributed by atoms with Crippen LogP contribution >= 0.6 is 0 Å². The summed E-state index contributed by atoms with van der Waals surface area (Å²) in [5, 5.41) is 3.66. The van der Waals surface area contributed by atoms with Crippen LogP contribution in [-0.4, -0.2) is 36.1 Å². The molecule has 15 heavy (non-hydrogen) atoms. The van der Waals surface area contributed by atoms with E-state index >= 15 is 0 Å². The van der Waals surface area contributed by atoms with Gasteiger partial charge in [0.2, 0.25) is 0 Å². The molecule has 0 radical (unpaired) electrons. The van der Waals surface area contributed by atoms with Gasteiger partial charge in [-0.3, -0.25) is 4.90 Å². The van der Waals surface area contributed by atoms with Crippen LogP contribution in [0.3, 0.4) is 0 Å². The minimum atomic E-state index is 0.527. The second-order valence-corrected chi connectivity index (χ2v) is 5.56. The van der Waals surface area contributed by atoms with Crippen molar-refractivity contribution < 1.29 is 0 Å². The predicted octanol–water partition coefficient (Wildman–Crippen LogP) is 2.39. The highest BCUT2D eigenvalue weighted by atomic mass is 15.2. The van der Waals surface area contributed by atoms with Gasteiger partial charge >= 0.3 is 0 Å². The zero-order valence-corrected chi connectivity index (χ0v) is 10.4. The maximum Gasteiger partial charge on any atom is 0.0192 e. The van der Waals surface area contributed by atoms with Crippen molar-refractivity contribution in [3.05, 3.63) is 0 Å². The van der Waals surface area contributed by atoms with Gasteiger partial charge < -0.3 is 5.32 Å². The van der Waals surface area contributed by atoms with E-state index in [1.54, 1.807) is 0 Å². The fourth-order valence-corrected chi connectivity index (χ4v) is 3.21. The number of hydrogen-bond donors (Lipinski definition) is 1. The summed E-state index contributed by atoms with van der Waals surface area (Å²) in [5.74, 6) is 0. The molecule has 88 valence electrons. The first-order valence-electron chi connectivity index (χ1n) is 6.73. The van der Waals surface area contributed by atoms with Crippen molar-refractivity contribution in [1.82, 2.24) is 10.2 Å². The fourth-order valence-electron chi connectivity index (χ4n) is 3.21. The van der Waals surface area contributed by atoms with E-state index < -0.39 is 0 Å². The molecule has 2 nitrogen and oxygen atoms in total. The summed E-state index contributed by atoms with van der Waals surface area (Å²) in [6.07, 6.45) is 8.32. The first kappa shape index (κ1) is 11.4. The Morgan fingerprint density at radius 3 is 2.67 bits per heavy atom. The van der Waals surface area contributed by atoms with Gasteiger partial charge in [-0.15, -0.1) is 0 Å². The molecule has 0 bridgehead atoms. The molecule has 2 aliphatic rings. The van der Waals surface area contributed by atoms with E-state index in [-0.39, 0.29) is 0 Å². The molecular weight excluding hydrogens is 184 g/mol. The highest BCUT2D eigenvalue weighted by molar-refractivity contribution is 4.93. The molecule has 1 aliphatic heterocycles. The van der Waals surface area contributed by atoms with Gasteiger partial charge in [0, 0.05) is 18.1 Å². The van der Waals surface area contributed by atoms with Crippen molar-refractivity contribution in [3.63, 3.8) is 0 Å². The summed E-state index contributed by atoms with van der Waals surface area (Å²) in [6, 6.07) is 0.727. The van der Waals surface area contributed by atoms with Crippen molar-refractivity contribution in [2.75, 3.05) is 19.6 Å². The van der Waals surface area contributed by atoms with E-state index in [0.29, 0.717) is 5.54 Å². The van der Waals surface area contributed by atoms with Crippen LogP contribution in [0.4, 0.5) is 0 Å². The molecule has 1 saturated heterocycles. The van der Waals surface area contributed by atoms with Crippen molar-refractivity contribution in [2.24, 2.45) is 0 Å². The van der Waals surface area contributed by atoms with Crippen LogP contribution in [0.1, 0.15) is 52.4 Å². The van der Waals surface area contributed by atoms with Crippen molar-refractivity contribution in [1.29, 1.82) is 0 Å². The lowest BCUT2D eigenvalue weighted by molar-refractivity contribution is 0.106. The van der Waals surface area contributed by atoms with Crippen molar-refractivity contribution in [3.8, 4) is 0 Å². The Morgan fingerprint density at radius 1 is 1.27 bits per heavy atom. The van der Waals surface area contributed by atoms with Gasteiger partial charge in [-0.25, -0.2) is 0 Å². The zero-order chi connectivity index (χ0) is 10.7. The van der Waals surface area contributed by atoms with Gasteiger partial charge in [0.05, 0.1) is 0 Å². The highest BCUT2D eigenvalue weighted by Crippen LogP contribution is 2.35. The maximum absolute atomic E-state index is 3.66. The molecule has 0 aromatic rings. The smallest absolute Gasteiger partial charge is 0.0192 e. The second kappa shape index (κ2) is 4.84. The monoisotopic (exact) mass is 210 g/mol. The van der Waals surface area contributed by atoms with Crippen LogP contribution in [0.15, 0.2) is 0 Å². The average Bonchev–Trinajstić information content (AvgIpc) is 2.56. The number of rotatable bonds is 2. The van der Waals surface area contributed by atoms with E-state index in [4.69, 9.17) is 0 Å². The van der Waals surface area contributed by atoms with Gasteiger partial charge in [-0.1, -0.05) is 19.8 Å². The summed E-state index contributed by atoms with van der Waals surface area (Å²) in [4.78, 5) is 2.77. The summed E-state index contributed by atoms with van der Waals surface area (Å²) in [5.41, 5.74) is 0.527. The Bertz CT molecular complexity index is 197. The molecule has 1 N–H and O–H groups in total. The van der Waals surface area contributed by atoms with E-state index in [1.807, 2.05) is 0 Å². The Balaban J connectivity index is 1.99. The van der Waals surface area contributed by atoms with Gasteiger partial charge in [0.15, 0.2) is 0 Å². The SMILES string of the molecule is CCC1CN(C2(C)CCCC2)CCCN1. The lowest BCUT2D eigenvalue weighted by Crippen LogP contribution is -2.48. The van der Waals surface area contributed by atoms with Gasteiger partial charge in [0.25, 0.3) is 0 Å². The van der Waals surface area contributed by atoms with Crippen molar-refractivity contribution in [2.45, 2.75) is 64.0 Å². The van der Waals surface area contributed by atoms with Crippen LogP contribution in [0.2, 0.25) is 0 Å². The minimum Gasteiger partial charge on any atom is -0.313 e. The molecule has 1 atom stereocenters. The summed E-state index contributed by atoms with van der Waals surface area (Å²) in [7, 11) is 0. The maximum atomic E-state index is 3.66. The first-order chi connectivity index (χ1) is 7.24. The molecule has 1 unspecified atom stereocenters. The fraction of sp³-hybridized carbons (Fsp3) is 1.00. The van der Waals surface area contributed by atoms with Gasteiger partial charge in [-0.05, 0) is 45.7 Å². The second-order valence-electron chi connectivity index (χ2n) is 5.56. The summed E-state index contributed by atoms with van der Waals surface area (Å²) < 4.78 is 0. The van der Waals surface area contributed by atoms with Crippen LogP contribution in [0, 0.1) is 0 Å². The van der Waals surface area contributed by atoms with Crippen LogP contribution in [0.5, 0.6) is 0 Å². The van der Waals surface area contributed by atoms with Crippen LogP contribution in [0.25, 0.3) is 0 Å². The number of nitrogens with one attached hydrogen (secondary N) is 1. The molecule has 2 rings (SSSR count). The molecule has 0 aromatic carbocycles. The highest BCUT2D eigenvalue weighted by Gasteiger charge is 2.36. The summed E-state index contributed by atoms with van der Waals surface area (Å²) in [6.45, 7) is 8.58. The molecule has 0 spiro atoms. The predicted molar refractivity (Wildman–Crippen MR) is 65.1 cm³/mol. The number of nitrogens with zero attached hydrogens (tertiary/aromatic N) is 1. The van der Waals surface area contributed by atoms with Crippen LogP contribution < -0.4 is 5.32 Å². The quantitative estimate of drug-likeness (QED) is 0.753. The van der Waals surface area contributed by atoms with E-state index in [1.165, 1.54) is 58.2 Å². The minimum absolute atomic E-state index is 0.527. The Labute approximate surface area is 94.4 Å². The third-order valence-electron chi connectivity index (χ3n) is 4.42. The molecule has 1 saturated carbocycles. The van der Waals surface area contributed by atoms with E-state index in [0.717, 1.165) is 6.04 Å². The molecule has 0 aromatic heterocycles. The molecule has 1 heterocycles. The zero-order valence-electron chi connectivity index (χ0n) is 10.4. The molecular formula is C13H26N2. The number of hydrogen-bond acceptors (Lipinski definition) is 2. The Morgan fingerprint density at radius 2 is 2.00 bits per heavy atom. The lowest BCUT2D eigenvalue weighted by Gasteiger charge is -2.39. The first-order valence-corrected chi connectivity index (χ1v) is 6.73. The lowest BCUT2D eigenvalue weighted by atomic mass is 9.97. The topological polar surface area (TPSA) is 15.3 Å². The Hall–Kier alpha value is -0.0800. The van der Waals surface area contributed by atoms with Gasteiger partial charge in [-0.2, -0.15) is 0 Å². The Kier molecular flexibility index (Phi) is 3.68. The average molecular weight is 210 g/mol. The third kappa shape index (κ3) is 2.54. The van der Waals surface area contributed by atoms with E-state index in [2.05, 4.69) is 24.1 Å². The normalized spacial score (nSPS) is 32.8. The molecule has 1 aliphatic carbocycles. The standard InChI is InChI=1S/C13H26N2/c1-3-12-11-15(10-6-9-14-12)13(2)7-4-5-8-13/h12,14H,3-11H2,1-2H3.